The molecule has 0 aromatic rings. The van der Waals surface area contributed by atoms with E-state index in [0.717, 1.165) is 6.42 Å². The summed E-state index contributed by atoms with van der Waals surface area (Å²) >= 11 is 3.20. The number of hydrogen-bond donors (Lipinski definition) is 0. The summed E-state index contributed by atoms with van der Waals surface area (Å²) in [6.07, 6.45) is 0.808. The van der Waals surface area contributed by atoms with Crippen LogP contribution in [-0.4, -0.2) is 23.3 Å². The topological polar surface area (TPSA) is 38.8 Å². The standard InChI is InChI=1S/C6H13BrNO3PS/c1-6(2)8(13-7)12(9)10-4-3-5-11-12/h6H,3-5H2,1-2H3. The third kappa shape index (κ3) is 2.94. The maximum atomic E-state index is 12.0. The van der Waals surface area contributed by atoms with Gasteiger partial charge in [-0.2, -0.15) is 0 Å². The van der Waals surface area contributed by atoms with Gasteiger partial charge in [-0.05, 0) is 20.3 Å². The van der Waals surface area contributed by atoms with Crippen LogP contribution in [0, 0.1) is 0 Å². The van der Waals surface area contributed by atoms with E-state index in [0.29, 0.717) is 13.2 Å². The first-order chi connectivity index (χ1) is 6.10. The molecule has 4 nitrogen and oxygen atoms in total. The molecule has 1 aliphatic heterocycles. The van der Waals surface area contributed by atoms with E-state index in [2.05, 4.69) is 14.8 Å². The Hall–Kier alpha value is 0.940. The lowest BCUT2D eigenvalue weighted by Crippen LogP contribution is -2.25. The van der Waals surface area contributed by atoms with Crippen molar-refractivity contribution in [3.05, 3.63) is 0 Å². The van der Waals surface area contributed by atoms with Gasteiger partial charge < -0.3 is 0 Å². The van der Waals surface area contributed by atoms with Crippen molar-refractivity contribution < 1.29 is 13.6 Å². The molecule has 0 radical (unpaired) electrons. The zero-order valence-corrected chi connectivity index (χ0v) is 10.9. The molecule has 1 heterocycles. The van der Waals surface area contributed by atoms with Crippen LogP contribution in [-0.2, 0) is 13.6 Å². The molecule has 78 valence electrons. The highest BCUT2D eigenvalue weighted by Crippen LogP contribution is 2.59. The van der Waals surface area contributed by atoms with Gasteiger partial charge >= 0.3 is 7.75 Å². The second kappa shape index (κ2) is 5.14. The van der Waals surface area contributed by atoms with E-state index in [4.69, 9.17) is 9.05 Å². The normalized spacial score (nSPS) is 22.5. The van der Waals surface area contributed by atoms with Gasteiger partial charge in [0, 0.05) is 31.2 Å². The van der Waals surface area contributed by atoms with Crippen molar-refractivity contribution in [1.82, 2.24) is 4.08 Å². The maximum Gasteiger partial charge on any atom is 0.418 e. The average molecular weight is 290 g/mol. The fourth-order valence-corrected chi connectivity index (χ4v) is 5.73. The number of halogens is 1. The number of nitrogens with zero attached hydrogens (tertiary/aromatic N) is 1. The third-order valence-electron chi connectivity index (χ3n) is 1.55. The molecule has 1 rings (SSSR count). The first kappa shape index (κ1) is 12.0. The van der Waals surface area contributed by atoms with Crippen LogP contribution >= 0.6 is 32.9 Å². The van der Waals surface area contributed by atoms with Crippen molar-refractivity contribution in [2.45, 2.75) is 26.3 Å². The van der Waals surface area contributed by atoms with Gasteiger partial charge in [0.05, 0.1) is 13.2 Å². The van der Waals surface area contributed by atoms with Crippen molar-refractivity contribution >= 4 is 32.9 Å². The molecule has 0 aliphatic carbocycles. The van der Waals surface area contributed by atoms with Crippen LogP contribution in [0.1, 0.15) is 20.3 Å². The Morgan fingerprint density at radius 1 is 1.46 bits per heavy atom. The molecule has 0 spiro atoms. The fourth-order valence-electron chi connectivity index (χ4n) is 0.970. The van der Waals surface area contributed by atoms with E-state index in [1.807, 2.05) is 13.8 Å². The number of rotatable bonds is 3. The lowest BCUT2D eigenvalue weighted by molar-refractivity contribution is 0.123. The van der Waals surface area contributed by atoms with Gasteiger partial charge in [-0.1, -0.05) is 0 Å². The van der Waals surface area contributed by atoms with Gasteiger partial charge in [0.2, 0.25) is 0 Å². The summed E-state index contributed by atoms with van der Waals surface area (Å²) in [6.45, 7) is 4.90. The Morgan fingerprint density at radius 2 is 2.00 bits per heavy atom. The molecule has 1 fully saturated rings. The van der Waals surface area contributed by atoms with E-state index in [-0.39, 0.29) is 6.04 Å². The van der Waals surface area contributed by atoms with E-state index in [9.17, 15) is 4.57 Å². The fraction of sp³-hybridized carbons (Fsp3) is 1.00. The molecule has 1 saturated heterocycles. The average Bonchev–Trinajstić information content (AvgIpc) is 2.05. The van der Waals surface area contributed by atoms with Crippen molar-refractivity contribution in [2.75, 3.05) is 13.2 Å². The minimum atomic E-state index is -3.03. The molecule has 0 saturated carbocycles. The van der Waals surface area contributed by atoms with Crippen molar-refractivity contribution in [3.8, 4) is 0 Å². The minimum Gasteiger partial charge on any atom is -0.296 e. The van der Waals surface area contributed by atoms with Crippen LogP contribution in [0.25, 0.3) is 0 Å². The maximum absolute atomic E-state index is 12.0. The van der Waals surface area contributed by atoms with Gasteiger partial charge in [0.15, 0.2) is 0 Å². The smallest absolute Gasteiger partial charge is 0.296 e. The Bertz CT molecular complexity index is 206. The first-order valence-corrected chi connectivity index (χ1v) is 8.19. The predicted molar refractivity (Wildman–Crippen MR) is 57.6 cm³/mol. The molecule has 1 aliphatic rings. The van der Waals surface area contributed by atoms with Crippen molar-refractivity contribution in [3.63, 3.8) is 0 Å². The van der Waals surface area contributed by atoms with Crippen molar-refractivity contribution in [1.29, 1.82) is 0 Å². The zero-order chi connectivity index (χ0) is 9.90. The Labute approximate surface area is 90.3 Å². The second-order valence-electron chi connectivity index (χ2n) is 2.95. The van der Waals surface area contributed by atoms with Crippen molar-refractivity contribution in [2.24, 2.45) is 0 Å². The van der Waals surface area contributed by atoms with Crippen LogP contribution < -0.4 is 0 Å². The first-order valence-electron chi connectivity index (χ1n) is 4.07. The molecule has 0 aromatic heterocycles. The van der Waals surface area contributed by atoms with Crippen LogP contribution in [0.15, 0.2) is 0 Å². The van der Waals surface area contributed by atoms with Gasteiger partial charge in [-0.25, -0.2) is 4.57 Å². The molecular formula is C6H13BrNO3PS. The summed E-state index contributed by atoms with van der Waals surface area (Å²) in [4.78, 5) is 0. The van der Waals surface area contributed by atoms with Gasteiger partial charge in [-0.15, -0.1) is 4.08 Å². The summed E-state index contributed by atoms with van der Waals surface area (Å²) in [7, 11) is -1.81. The third-order valence-corrected chi connectivity index (χ3v) is 6.53. The van der Waals surface area contributed by atoms with Gasteiger partial charge in [0.25, 0.3) is 0 Å². The molecule has 0 aromatic carbocycles. The quantitative estimate of drug-likeness (QED) is 0.589. The lowest BCUT2D eigenvalue weighted by atomic mass is 10.4. The Balaban J connectivity index is 2.69. The molecule has 0 unspecified atom stereocenters. The summed E-state index contributed by atoms with van der Waals surface area (Å²) in [5.41, 5.74) is 0. The highest BCUT2D eigenvalue weighted by Gasteiger charge is 2.38. The summed E-state index contributed by atoms with van der Waals surface area (Å²) in [6, 6.07) is 0.105. The predicted octanol–water partition coefficient (Wildman–Crippen LogP) is 3.20. The molecule has 0 bridgehead atoms. The molecule has 13 heavy (non-hydrogen) atoms. The second-order valence-corrected chi connectivity index (χ2v) is 6.51. The largest absolute Gasteiger partial charge is 0.418 e. The Morgan fingerprint density at radius 3 is 2.38 bits per heavy atom. The lowest BCUT2D eigenvalue weighted by Gasteiger charge is -2.32. The van der Waals surface area contributed by atoms with Crippen LogP contribution in [0.5, 0.6) is 0 Å². The molecule has 0 amide bonds. The minimum absolute atomic E-state index is 0.105. The molecule has 7 heteroatoms. The Kier molecular flexibility index (Phi) is 4.75. The van der Waals surface area contributed by atoms with Crippen LogP contribution in [0.2, 0.25) is 0 Å². The van der Waals surface area contributed by atoms with Crippen LogP contribution in [0.3, 0.4) is 0 Å². The summed E-state index contributed by atoms with van der Waals surface area (Å²) in [5, 5.41) is 0. The number of hydrogen-bond acceptors (Lipinski definition) is 4. The van der Waals surface area contributed by atoms with E-state index in [1.54, 1.807) is 4.08 Å². The van der Waals surface area contributed by atoms with E-state index < -0.39 is 7.75 Å². The highest BCUT2D eigenvalue weighted by molar-refractivity contribution is 9.49. The molecular weight excluding hydrogens is 277 g/mol. The van der Waals surface area contributed by atoms with Gasteiger partial charge in [-0.3, -0.25) is 9.05 Å². The van der Waals surface area contributed by atoms with E-state index in [1.165, 1.54) is 10.4 Å². The summed E-state index contributed by atoms with van der Waals surface area (Å²) in [5.74, 6) is 0. The summed E-state index contributed by atoms with van der Waals surface area (Å²) < 4.78 is 24.0. The molecule has 0 atom stereocenters. The molecule has 0 N–H and O–H groups in total. The highest BCUT2D eigenvalue weighted by atomic mass is 79.9. The zero-order valence-electron chi connectivity index (χ0n) is 7.60. The monoisotopic (exact) mass is 289 g/mol. The van der Waals surface area contributed by atoms with Crippen LogP contribution in [0.4, 0.5) is 0 Å². The van der Waals surface area contributed by atoms with E-state index >= 15 is 0 Å². The SMILES string of the molecule is CC(C)N(SBr)P1(=O)OCCCO1. The van der Waals surface area contributed by atoms with Gasteiger partial charge in [0.1, 0.15) is 0 Å².